The zero-order valence-electron chi connectivity index (χ0n) is 32.3. The molecule has 0 N–H and O–H groups in total. The number of hydrogen-bond acceptors (Lipinski definition) is 0. The van der Waals surface area contributed by atoms with Crippen molar-refractivity contribution in [3.63, 3.8) is 0 Å². The second-order valence-electron chi connectivity index (χ2n) is 17.9. The van der Waals surface area contributed by atoms with Crippen LogP contribution in [-0.4, -0.2) is 0 Å². The maximum absolute atomic E-state index is 2.60. The molecule has 0 amide bonds. The molecule has 0 aliphatic heterocycles. The Bertz CT molecular complexity index is 626. The molecule has 1 saturated carbocycles. The van der Waals surface area contributed by atoms with Crippen molar-refractivity contribution in [3.8, 4) is 0 Å². The van der Waals surface area contributed by atoms with E-state index in [1.54, 1.807) is 0 Å². The fraction of sp³-hybridized carbons (Fsp3) is 1.00. The summed E-state index contributed by atoms with van der Waals surface area (Å²) in [5.74, 6) is 8.50. The molecule has 0 bridgehead atoms. The van der Waals surface area contributed by atoms with E-state index < -0.39 is 0 Å². The predicted octanol–water partition coefficient (Wildman–Crippen LogP) is 15.3. The van der Waals surface area contributed by atoms with Crippen molar-refractivity contribution in [1.82, 2.24) is 0 Å². The van der Waals surface area contributed by atoms with Gasteiger partial charge in [0.15, 0.2) is 0 Å². The maximum atomic E-state index is 2.60. The smallest absolute Gasteiger partial charge is 0.0357 e. The number of rotatable bonds is 27. The average molecular weight is 603 g/mol. The van der Waals surface area contributed by atoms with Crippen LogP contribution in [0.5, 0.6) is 0 Å². The van der Waals surface area contributed by atoms with Gasteiger partial charge in [-0.15, -0.1) is 0 Å². The van der Waals surface area contributed by atoms with Crippen LogP contribution in [0.15, 0.2) is 0 Å². The molecule has 0 saturated heterocycles. The van der Waals surface area contributed by atoms with E-state index in [-0.39, 0.29) is 0 Å². The third-order valence-electron chi connectivity index (χ3n) is 12.6. The van der Waals surface area contributed by atoms with Crippen molar-refractivity contribution in [2.45, 2.75) is 217 Å². The van der Waals surface area contributed by atoms with Gasteiger partial charge in [0, 0.05) is 0 Å². The average Bonchev–Trinajstić information content (AvgIpc) is 2.94. The molecular weight excluding hydrogens is 516 g/mol. The fourth-order valence-electron chi connectivity index (χ4n) is 8.80. The Morgan fingerprint density at radius 1 is 0.558 bits per heavy atom. The first kappa shape index (κ1) is 41.0. The monoisotopic (exact) mass is 603 g/mol. The van der Waals surface area contributed by atoms with E-state index in [9.17, 15) is 0 Å². The SMILES string of the molecule is CCCCCC(CCCCC(C)CCCCCCC(C(C)CCCC(C)(C)C)C1CCC1C)CC(C)C(C)C(C)CCC. The van der Waals surface area contributed by atoms with Gasteiger partial charge in [0.1, 0.15) is 0 Å². The van der Waals surface area contributed by atoms with E-state index in [2.05, 4.69) is 76.2 Å². The van der Waals surface area contributed by atoms with Crippen molar-refractivity contribution >= 4 is 0 Å². The van der Waals surface area contributed by atoms with Gasteiger partial charge in [-0.05, 0) is 84.4 Å². The first-order chi connectivity index (χ1) is 20.4. The summed E-state index contributed by atoms with van der Waals surface area (Å²) in [6.07, 6.45) is 32.0. The molecule has 0 heterocycles. The van der Waals surface area contributed by atoms with Crippen LogP contribution in [0.25, 0.3) is 0 Å². The van der Waals surface area contributed by atoms with Crippen LogP contribution in [0.1, 0.15) is 217 Å². The quantitative estimate of drug-likeness (QED) is 0.0820. The second-order valence-corrected chi connectivity index (χ2v) is 17.9. The Hall–Kier alpha value is 0. The topological polar surface area (TPSA) is 0 Å². The van der Waals surface area contributed by atoms with Gasteiger partial charge in [-0.25, -0.2) is 0 Å². The predicted molar refractivity (Wildman–Crippen MR) is 198 cm³/mol. The molecule has 1 aliphatic rings. The standard InChI is InChI=1S/C43H86/c1-12-14-17-27-40(33-38(7)39(8)35(4)23-13-2)28-21-20-25-34(3)24-18-15-16-19-29-41(42-31-30-37(42)6)36(5)26-22-32-43(9,10)11/h34-42H,12-33H2,1-11H3. The van der Waals surface area contributed by atoms with E-state index in [0.717, 1.165) is 53.3 Å². The highest BCUT2D eigenvalue weighted by molar-refractivity contribution is 4.86. The third kappa shape index (κ3) is 18.7. The van der Waals surface area contributed by atoms with Crippen LogP contribution < -0.4 is 0 Å². The van der Waals surface area contributed by atoms with Gasteiger partial charge < -0.3 is 0 Å². The summed E-state index contributed by atoms with van der Waals surface area (Å²) in [5.41, 5.74) is 0.497. The van der Waals surface area contributed by atoms with Gasteiger partial charge in [-0.3, -0.25) is 0 Å². The Balaban J connectivity index is 2.29. The highest BCUT2D eigenvalue weighted by atomic mass is 14.4. The van der Waals surface area contributed by atoms with Crippen molar-refractivity contribution in [1.29, 1.82) is 0 Å². The molecule has 1 fully saturated rings. The molecule has 43 heavy (non-hydrogen) atoms. The first-order valence-electron chi connectivity index (χ1n) is 20.4. The Kier molecular flexibility index (Phi) is 22.3. The summed E-state index contributed by atoms with van der Waals surface area (Å²) in [5, 5.41) is 0. The summed E-state index contributed by atoms with van der Waals surface area (Å²) in [4.78, 5) is 0. The Labute approximate surface area is 275 Å². The molecule has 1 aliphatic carbocycles. The highest BCUT2D eigenvalue weighted by Gasteiger charge is 2.36. The molecule has 1 rings (SSSR count). The largest absolute Gasteiger partial charge is 0.0654 e. The minimum atomic E-state index is 0.497. The summed E-state index contributed by atoms with van der Waals surface area (Å²) in [7, 11) is 0. The van der Waals surface area contributed by atoms with Crippen LogP contribution in [0.2, 0.25) is 0 Å². The zero-order valence-corrected chi connectivity index (χ0v) is 32.3. The molecule has 0 radical (unpaired) electrons. The zero-order chi connectivity index (χ0) is 32.3. The van der Waals surface area contributed by atoms with Gasteiger partial charge in [0.05, 0.1) is 0 Å². The van der Waals surface area contributed by atoms with E-state index in [1.807, 2.05) is 0 Å². The van der Waals surface area contributed by atoms with E-state index in [0.29, 0.717) is 5.41 Å². The van der Waals surface area contributed by atoms with Crippen LogP contribution in [0.4, 0.5) is 0 Å². The van der Waals surface area contributed by atoms with Gasteiger partial charge in [0.25, 0.3) is 0 Å². The van der Waals surface area contributed by atoms with E-state index in [4.69, 9.17) is 0 Å². The molecule has 0 aromatic heterocycles. The summed E-state index contributed by atoms with van der Waals surface area (Å²) in [6.45, 7) is 27.2. The van der Waals surface area contributed by atoms with E-state index in [1.165, 1.54) is 141 Å². The van der Waals surface area contributed by atoms with Gasteiger partial charge in [-0.2, -0.15) is 0 Å². The number of unbranched alkanes of at least 4 members (excludes halogenated alkanes) is 6. The van der Waals surface area contributed by atoms with Gasteiger partial charge in [0.2, 0.25) is 0 Å². The fourth-order valence-corrected chi connectivity index (χ4v) is 8.80. The van der Waals surface area contributed by atoms with Crippen molar-refractivity contribution in [3.05, 3.63) is 0 Å². The minimum Gasteiger partial charge on any atom is -0.0654 e. The van der Waals surface area contributed by atoms with Crippen molar-refractivity contribution < 1.29 is 0 Å². The normalized spacial score (nSPS) is 22.4. The lowest BCUT2D eigenvalue weighted by Crippen LogP contribution is -2.34. The van der Waals surface area contributed by atoms with Crippen LogP contribution >= 0.6 is 0 Å². The van der Waals surface area contributed by atoms with Gasteiger partial charge >= 0.3 is 0 Å². The molecule has 0 aromatic carbocycles. The minimum absolute atomic E-state index is 0.497. The van der Waals surface area contributed by atoms with Crippen LogP contribution in [0, 0.1) is 58.7 Å². The Morgan fingerprint density at radius 2 is 1.14 bits per heavy atom. The molecule has 9 atom stereocenters. The molecule has 0 aromatic rings. The van der Waals surface area contributed by atoms with Crippen LogP contribution in [0.3, 0.4) is 0 Å². The van der Waals surface area contributed by atoms with Crippen molar-refractivity contribution in [2.24, 2.45) is 58.7 Å². The molecule has 9 unspecified atom stereocenters. The molecular formula is C43H86. The lowest BCUT2D eigenvalue weighted by molar-refractivity contribution is 0.0698. The van der Waals surface area contributed by atoms with Gasteiger partial charge in [-0.1, -0.05) is 192 Å². The van der Waals surface area contributed by atoms with Crippen LogP contribution in [-0.2, 0) is 0 Å². The molecule has 258 valence electrons. The Morgan fingerprint density at radius 3 is 1.67 bits per heavy atom. The maximum Gasteiger partial charge on any atom is -0.0357 e. The lowest BCUT2D eigenvalue weighted by atomic mass is 9.62. The summed E-state index contributed by atoms with van der Waals surface area (Å²) >= 11 is 0. The number of hydrogen-bond donors (Lipinski definition) is 0. The molecule has 0 spiro atoms. The molecule has 0 nitrogen and oxygen atoms in total. The summed E-state index contributed by atoms with van der Waals surface area (Å²) < 4.78 is 0. The summed E-state index contributed by atoms with van der Waals surface area (Å²) in [6, 6.07) is 0. The van der Waals surface area contributed by atoms with Crippen molar-refractivity contribution in [2.75, 3.05) is 0 Å². The highest BCUT2D eigenvalue weighted by Crippen LogP contribution is 2.45. The van der Waals surface area contributed by atoms with E-state index >= 15 is 0 Å². The lowest BCUT2D eigenvalue weighted by Gasteiger charge is -2.43. The molecule has 0 heteroatoms. The second kappa shape index (κ2) is 23.3. The third-order valence-corrected chi connectivity index (χ3v) is 12.6. The first-order valence-corrected chi connectivity index (χ1v) is 20.4.